The molecule has 0 N–H and O–H groups in total. The van der Waals surface area contributed by atoms with Crippen LogP contribution in [-0.2, 0) is 10.1 Å². The van der Waals surface area contributed by atoms with Gasteiger partial charge in [0.15, 0.2) is 0 Å². The average molecular weight is 255 g/mol. The Balaban J connectivity index is 3.20. The van der Waals surface area contributed by atoms with Gasteiger partial charge in [0.25, 0.3) is 0 Å². The molecule has 0 bridgehead atoms. The first-order chi connectivity index (χ1) is 6.72. The van der Waals surface area contributed by atoms with Crippen molar-refractivity contribution in [1.82, 2.24) is 0 Å². The van der Waals surface area contributed by atoms with E-state index < -0.39 is 0 Å². The Bertz CT molecular complexity index is 347. The number of carbonyl (C=O) groups excluding carboxylic acids is 2. The maximum atomic E-state index is 10.7. The highest BCUT2D eigenvalue weighted by Crippen LogP contribution is 2.21. The largest absolute Gasteiger partial charge is 0.303 e. The van der Waals surface area contributed by atoms with E-state index in [2.05, 4.69) is 15.9 Å². The first-order valence-corrected chi connectivity index (χ1v) is 5.44. The normalized spacial score (nSPS) is 12.1. The highest BCUT2D eigenvalue weighted by molar-refractivity contribution is 9.08. The summed E-state index contributed by atoms with van der Waals surface area (Å²) in [6.07, 6.45) is 1.68. The molecule has 0 radical (unpaired) electrons. The van der Waals surface area contributed by atoms with Gasteiger partial charge in [0, 0.05) is 16.8 Å². The number of benzene rings is 1. The molecule has 1 rings (SSSR count). The van der Waals surface area contributed by atoms with Gasteiger partial charge in [-0.1, -0.05) is 35.0 Å². The van der Waals surface area contributed by atoms with Gasteiger partial charge in [-0.15, -0.1) is 0 Å². The molecule has 0 spiro atoms. The Morgan fingerprint density at radius 3 is 2.64 bits per heavy atom. The van der Waals surface area contributed by atoms with Crippen LogP contribution in [0, 0.1) is 0 Å². The number of alkyl halides is 1. The molecule has 0 saturated carbocycles. The van der Waals surface area contributed by atoms with Crippen molar-refractivity contribution in [2.45, 2.75) is 18.2 Å². The zero-order chi connectivity index (χ0) is 10.6. The summed E-state index contributed by atoms with van der Waals surface area (Å²) in [5.74, 6) is -0.164. The topological polar surface area (TPSA) is 34.1 Å². The molecule has 2 nitrogen and oxygen atoms in total. The van der Waals surface area contributed by atoms with E-state index in [9.17, 15) is 9.59 Å². The lowest BCUT2D eigenvalue weighted by atomic mass is 9.96. The van der Waals surface area contributed by atoms with E-state index in [0.717, 1.165) is 23.7 Å². The second kappa shape index (κ2) is 5.05. The predicted octanol–water partition coefficient (Wildman–Crippen LogP) is 2.70. The lowest BCUT2D eigenvalue weighted by Gasteiger charge is -2.10. The third-order valence-electron chi connectivity index (χ3n) is 2.14. The molecule has 74 valence electrons. The van der Waals surface area contributed by atoms with Gasteiger partial charge in [-0.2, -0.15) is 0 Å². The highest BCUT2D eigenvalue weighted by atomic mass is 79.9. The fourth-order valence-electron chi connectivity index (χ4n) is 1.31. The third kappa shape index (κ3) is 2.29. The molecular weight excluding hydrogens is 244 g/mol. The molecule has 0 fully saturated rings. The van der Waals surface area contributed by atoms with Crippen LogP contribution in [0.4, 0.5) is 0 Å². The van der Waals surface area contributed by atoms with Crippen molar-refractivity contribution in [2.24, 2.45) is 0 Å². The van der Waals surface area contributed by atoms with Gasteiger partial charge in [0.2, 0.25) is 0 Å². The molecule has 1 aromatic rings. The lowest BCUT2D eigenvalue weighted by molar-refractivity contribution is -0.108. The summed E-state index contributed by atoms with van der Waals surface area (Å²) in [4.78, 5) is 21.2. The van der Waals surface area contributed by atoms with Crippen LogP contribution in [0.5, 0.6) is 0 Å². The van der Waals surface area contributed by atoms with E-state index in [0.29, 0.717) is 10.9 Å². The lowest BCUT2D eigenvalue weighted by Crippen LogP contribution is -2.00. The van der Waals surface area contributed by atoms with E-state index in [1.54, 1.807) is 12.1 Å². The zero-order valence-corrected chi connectivity index (χ0v) is 9.45. The fourth-order valence-corrected chi connectivity index (χ4v) is 1.82. The van der Waals surface area contributed by atoms with Crippen LogP contribution in [0.15, 0.2) is 18.2 Å². The summed E-state index contributed by atoms with van der Waals surface area (Å²) in [7, 11) is 0. The summed E-state index contributed by atoms with van der Waals surface area (Å²) in [6.45, 7) is 1.82. The van der Waals surface area contributed by atoms with E-state index in [1.807, 2.05) is 13.0 Å². The average Bonchev–Trinajstić information content (AvgIpc) is 2.27. The van der Waals surface area contributed by atoms with Crippen molar-refractivity contribution in [3.8, 4) is 0 Å². The van der Waals surface area contributed by atoms with Gasteiger partial charge in [-0.05, 0) is 17.2 Å². The predicted molar refractivity (Wildman–Crippen MR) is 58.9 cm³/mol. The number of hydrogen-bond donors (Lipinski definition) is 0. The second-order valence-electron chi connectivity index (χ2n) is 3.13. The molecule has 1 unspecified atom stereocenters. The van der Waals surface area contributed by atoms with Gasteiger partial charge in [0.05, 0.1) is 0 Å². The third-order valence-corrected chi connectivity index (χ3v) is 2.75. The van der Waals surface area contributed by atoms with E-state index in [-0.39, 0.29) is 5.92 Å². The molecule has 0 amide bonds. The summed E-state index contributed by atoms with van der Waals surface area (Å²) < 4.78 is 0. The first-order valence-electron chi connectivity index (χ1n) is 4.32. The van der Waals surface area contributed by atoms with Crippen LogP contribution in [-0.4, -0.2) is 12.6 Å². The van der Waals surface area contributed by atoms with Gasteiger partial charge in [0.1, 0.15) is 12.6 Å². The van der Waals surface area contributed by atoms with Gasteiger partial charge in [-0.25, -0.2) is 0 Å². The summed E-state index contributed by atoms with van der Waals surface area (Å²) in [5, 5.41) is 0.694. The highest BCUT2D eigenvalue weighted by Gasteiger charge is 2.09. The maximum absolute atomic E-state index is 10.7. The number of rotatable bonds is 4. The van der Waals surface area contributed by atoms with Crippen molar-refractivity contribution < 1.29 is 9.59 Å². The quantitative estimate of drug-likeness (QED) is 0.612. The van der Waals surface area contributed by atoms with Crippen molar-refractivity contribution in [3.63, 3.8) is 0 Å². The fraction of sp³-hybridized carbons (Fsp3) is 0.273. The Morgan fingerprint density at radius 1 is 1.43 bits per heavy atom. The SMILES string of the molecule is CC(C=O)c1cc(C=O)ccc1CBr. The molecular formula is C11H11BrO2. The van der Waals surface area contributed by atoms with Crippen LogP contribution >= 0.6 is 15.9 Å². The molecule has 0 aliphatic carbocycles. The molecule has 0 aliphatic rings. The van der Waals surface area contributed by atoms with E-state index >= 15 is 0 Å². The smallest absolute Gasteiger partial charge is 0.150 e. The summed E-state index contributed by atoms with van der Waals surface area (Å²) in [5.41, 5.74) is 2.58. The van der Waals surface area contributed by atoms with Crippen molar-refractivity contribution in [2.75, 3.05) is 0 Å². The molecule has 0 aromatic heterocycles. The van der Waals surface area contributed by atoms with Crippen LogP contribution in [0.3, 0.4) is 0 Å². The summed E-state index contributed by atoms with van der Waals surface area (Å²) in [6, 6.07) is 5.39. The zero-order valence-electron chi connectivity index (χ0n) is 7.87. The number of hydrogen-bond acceptors (Lipinski definition) is 2. The van der Waals surface area contributed by atoms with Crippen LogP contribution in [0.1, 0.15) is 34.3 Å². The van der Waals surface area contributed by atoms with Gasteiger partial charge < -0.3 is 4.79 Å². The monoisotopic (exact) mass is 254 g/mol. The first kappa shape index (κ1) is 11.1. The summed E-state index contributed by atoms with van der Waals surface area (Å²) >= 11 is 3.35. The maximum Gasteiger partial charge on any atom is 0.150 e. The van der Waals surface area contributed by atoms with Crippen molar-refractivity contribution in [1.29, 1.82) is 0 Å². The number of carbonyl (C=O) groups is 2. The number of halogens is 1. The molecule has 0 saturated heterocycles. The van der Waals surface area contributed by atoms with Crippen LogP contribution in [0.25, 0.3) is 0 Å². The second-order valence-corrected chi connectivity index (χ2v) is 3.70. The molecule has 1 atom stereocenters. The Hall–Kier alpha value is -0.960. The minimum atomic E-state index is -0.164. The molecule has 3 heteroatoms. The molecule has 14 heavy (non-hydrogen) atoms. The van der Waals surface area contributed by atoms with Gasteiger partial charge in [-0.3, -0.25) is 4.79 Å². The van der Waals surface area contributed by atoms with Crippen LogP contribution in [0.2, 0.25) is 0 Å². The number of aldehydes is 2. The van der Waals surface area contributed by atoms with E-state index in [4.69, 9.17) is 0 Å². The Morgan fingerprint density at radius 2 is 2.14 bits per heavy atom. The molecule has 0 aliphatic heterocycles. The molecule has 1 aromatic carbocycles. The molecule has 0 heterocycles. The minimum Gasteiger partial charge on any atom is -0.303 e. The standard InChI is InChI=1S/C11H11BrO2/c1-8(6-13)11-4-9(7-14)2-3-10(11)5-12/h2-4,6-8H,5H2,1H3. The van der Waals surface area contributed by atoms with E-state index in [1.165, 1.54) is 0 Å². The Labute approximate surface area is 91.4 Å². The van der Waals surface area contributed by atoms with Crippen molar-refractivity contribution in [3.05, 3.63) is 34.9 Å². The Kier molecular flexibility index (Phi) is 4.01. The van der Waals surface area contributed by atoms with Crippen LogP contribution < -0.4 is 0 Å². The minimum absolute atomic E-state index is 0.164. The van der Waals surface area contributed by atoms with Crippen molar-refractivity contribution >= 4 is 28.5 Å². The van der Waals surface area contributed by atoms with Gasteiger partial charge >= 0.3 is 0 Å².